The number of aryl methyl sites for hydroxylation is 3. The lowest BCUT2D eigenvalue weighted by Gasteiger charge is -2.01. The zero-order valence-electron chi connectivity index (χ0n) is 10.8. The van der Waals surface area contributed by atoms with Gasteiger partial charge in [0.25, 0.3) is 0 Å². The number of hydrogen-bond donors (Lipinski definition) is 0. The Balaban J connectivity index is 2.16. The molecule has 0 N–H and O–H groups in total. The molecule has 18 heavy (non-hydrogen) atoms. The monoisotopic (exact) mass is 240 g/mol. The highest BCUT2D eigenvalue weighted by atomic mass is 16.1. The lowest BCUT2D eigenvalue weighted by molar-refractivity contribution is 0.104. The average molecular weight is 240 g/mol. The second-order valence-corrected chi connectivity index (χ2v) is 4.44. The van der Waals surface area contributed by atoms with Crippen LogP contribution in [0.25, 0.3) is 6.08 Å². The van der Waals surface area contributed by atoms with E-state index in [9.17, 15) is 4.79 Å². The van der Waals surface area contributed by atoms with Crippen LogP contribution in [0.1, 0.15) is 27.0 Å². The highest BCUT2D eigenvalue weighted by molar-refractivity contribution is 6.06. The minimum atomic E-state index is 0.0157. The zero-order valence-corrected chi connectivity index (χ0v) is 10.8. The van der Waals surface area contributed by atoms with Crippen LogP contribution in [0.15, 0.2) is 36.7 Å². The minimum Gasteiger partial charge on any atom is -0.289 e. The lowest BCUT2D eigenvalue weighted by atomic mass is 10.0. The minimum absolute atomic E-state index is 0.0157. The molecule has 0 unspecified atom stereocenters. The molecule has 1 aromatic carbocycles. The van der Waals surface area contributed by atoms with Gasteiger partial charge in [-0.3, -0.25) is 9.48 Å². The maximum atomic E-state index is 12.0. The van der Waals surface area contributed by atoms with Crippen molar-refractivity contribution in [3.63, 3.8) is 0 Å². The van der Waals surface area contributed by atoms with Crippen LogP contribution in [0.3, 0.4) is 0 Å². The molecule has 3 heteroatoms. The van der Waals surface area contributed by atoms with Gasteiger partial charge in [0.05, 0.1) is 6.20 Å². The maximum absolute atomic E-state index is 12.0. The summed E-state index contributed by atoms with van der Waals surface area (Å²) in [5.41, 5.74) is 3.98. The van der Waals surface area contributed by atoms with Crippen LogP contribution in [-0.4, -0.2) is 15.6 Å². The molecule has 0 saturated carbocycles. The molecule has 1 aromatic heterocycles. The predicted octanol–water partition coefficient (Wildman–Crippen LogP) is 2.93. The van der Waals surface area contributed by atoms with E-state index in [2.05, 4.69) is 5.10 Å². The Kier molecular flexibility index (Phi) is 3.42. The van der Waals surface area contributed by atoms with Gasteiger partial charge in [-0.1, -0.05) is 12.1 Å². The van der Waals surface area contributed by atoms with Crippen molar-refractivity contribution in [2.24, 2.45) is 7.05 Å². The Labute approximate surface area is 107 Å². The maximum Gasteiger partial charge on any atom is 0.185 e. The summed E-state index contributed by atoms with van der Waals surface area (Å²) in [6.07, 6.45) is 6.96. The topological polar surface area (TPSA) is 34.9 Å². The molecule has 3 nitrogen and oxygen atoms in total. The fraction of sp³-hybridized carbons (Fsp3) is 0.200. The number of rotatable bonds is 3. The van der Waals surface area contributed by atoms with Crippen LogP contribution in [0, 0.1) is 13.8 Å². The molecule has 0 spiro atoms. The first-order valence-corrected chi connectivity index (χ1v) is 5.84. The van der Waals surface area contributed by atoms with Crippen molar-refractivity contribution in [1.29, 1.82) is 0 Å². The molecule has 0 aliphatic carbocycles. The van der Waals surface area contributed by atoms with Crippen molar-refractivity contribution in [3.8, 4) is 0 Å². The number of ketones is 1. The standard InChI is InChI=1S/C15H16N2O/c1-11-4-6-14(8-12(11)2)15(18)7-5-13-9-16-17(3)10-13/h4-10H,1-3H3. The van der Waals surface area contributed by atoms with Gasteiger partial charge in [0.1, 0.15) is 0 Å². The fourth-order valence-electron chi connectivity index (χ4n) is 1.69. The molecule has 1 heterocycles. The first-order chi connectivity index (χ1) is 8.56. The summed E-state index contributed by atoms with van der Waals surface area (Å²) in [6.45, 7) is 4.05. The van der Waals surface area contributed by atoms with Gasteiger partial charge in [-0.05, 0) is 43.2 Å². The molecule has 0 aliphatic rings. The number of benzene rings is 1. The number of carbonyl (C=O) groups excluding carboxylic acids is 1. The largest absolute Gasteiger partial charge is 0.289 e. The predicted molar refractivity (Wildman–Crippen MR) is 72.5 cm³/mol. The molecule has 0 atom stereocenters. The molecule has 0 bridgehead atoms. The Hall–Kier alpha value is -2.16. The number of carbonyl (C=O) groups is 1. The highest BCUT2D eigenvalue weighted by Crippen LogP contribution is 2.11. The van der Waals surface area contributed by atoms with E-state index in [0.29, 0.717) is 0 Å². The first-order valence-electron chi connectivity index (χ1n) is 5.84. The second-order valence-electron chi connectivity index (χ2n) is 4.44. The van der Waals surface area contributed by atoms with Crippen molar-refractivity contribution in [2.75, 3.05) is 0 Å². The number of hydrogen-bond acceptors (Lipinski definition) is 2. The molecular formula is C15H16N2O. The van der Waals surface area contributed by atoms with Crippen LogP contribution < -0.4 is 0 Å². The average Bonchev–Trinajstić information content (AvgIpc) is 2.75. The third kappa shape index (κ3) is 2.74. The molecule has 2 aromatic rings. The Morgan fingerprint density at radius 1 is 1.28 bits per heavy atom. The number of allylic oxidation sites excluding steroid dienone is 1. The van der Waals surface area contributed by atoms with Crippen LogP contribution in [0.4, 0.5) is 0 Å². The third-order valence-corrected chi connectivity index (χ3v) is 2.94. The van der Waals surface area contributed by atoms with E-state index < -0.39 is 0 Å². The van der Waals surface area contributed by atoms with Crippen molar-refractivity contribution < 1.29 is 4.79 Å². The highest BCUT2D eigenvalue weighted by Gasteiger charge is 2.03. The summed E-state index contributed by atoms with van der Waals surface area (Å²) in [7, 11) is 1.85. The van der Waals surface area contributed by atoms with E-state index >= 15 is 0 Å². The number of aromatic nitrogens is 2. The van der Waals surface area contributed by atoms with Gasteiger partial charge >= 0.3 is 0 Å². The van der Waals surface area contributed by atoms with Gasteiger partial charge in [0.2, 0.25) is 0 Å². The van der Waals surface area contributed by atoms with Gasteiger partial charge in [-0.2, -0.15) is 5.10 Å². The van der Waals surface area contributed by atoms with Gasteiger partial charge in [0, 0.05) is 24.4 Å². The van der Waals surface area contributed by atoms with Gasteiger partial charge in [-0.25, -0.2) is 0 Å². The quantitative estimate of drug-likeness (QED) is 0.610. The summed E-state index contributed by atoms with van der Waals surface area (Å²) < 4.78 is 1.71. The van der Waals surface area contributed by atoms with Gasteiger partial charge in [0.15, 0.2) is 5.78 Å². The summed E-state index contributed by atoms with van der Waals surface area (Å²) in [5, 5.41) is 4.05. The second kappa shape index (κ2) is 5.00. The third-order valence-electron chi connectivity index (χ3n) is 2.94. The molecule has 92 valence electrons. The molecule has 2 rings (SSSR count). The SMILES string of the molecule is Cc1ccc(C(=O)C=Cc2cnn(C)c2)cc1C. The fourth-order valence-corrected chi connectivity index (χ4v) is 1.69. The molecular weight excluding hydrogens is 224 g/mol. The van der Waals surface area contributed by atoms with E-state index in [1.807, 2.05) is 45.3 Å². The van der Waals surface area contributed by atoms with Crippen molar-refractivity contribution >= 4 is 11.9 Å². The van der Waals surface area contributed by atoms with E-state index in [4.69, 9.17) is 0 Å². The van der Waals surface area contributed by atoms with E-state index in [1.165, 1.54) is 5.56 Å². The first kappa shape index (κ1) is 12.3. The lowest BCUT2D eigenvalue weighted by Crippen LogP contribution is -1.95. The Morgan fingerprint density at radius 3 is 2.67 bits per heavy atom. The Morgan fingerprint density at radius 2 is 2.06 bits per heavy atom. The molecule has 0 amide bonds. The summed E-state index contributed by atoms with van der Waals surface area (Å²) in [4.78, 5) is 12.0. The van der Waals surface area contributed by atoms with E-state index in [-0.39, 0.29) is 5.78 Å². The molecule has 0 saturated heterocycles. The van der Waals surface area contributed by atoms with Crippen molar-refractivity contribution in [1.82, 2.24) is 9.78 Å². The smallest absolute Gasteiger partial charge is 0.185 e. The van der Waals surface area contributed by atoms with E-state index in [0.717, 1.165) is 16.7 Å². The summed E-state index contributed by atoms with van der Waals surface area (Å²) in [6, 6.07) is 5.75. The summed E-state index contributed by atoms with van der Waals surface area (Å²) >= 11 is 0. The van der Waals surface area contributed by atoms with Crippen molar-refractivity contribution in [3.05, 3.63) is 58.9 Å². The van der Waals surface area contributed by atoms with Gasteiger partial charge < -0.3 is 0 Å². The van der Waals surface area contributed by atoms with Crippen LogP contribution in [0.2, 0.25) is 0 Å². The van der Waals surface area contributed by atoms with Crippen LogP contribution in [-0.2, 0) is 7.05 Å². The number of nitrogens with zero attached hydrogens (tertiary/aromatic N) is 2. The Bertz CT molecular complexity index is 609. The summed E-state index contributed by atoms with van der Waals surface area (Å²) in [5.74, 6) is 0.0157. The molecule has 0 aliphatic heterocycles. The zero-order chi connectivity index (χ0) is 13.1. The molecule has 0 fully saturated rings. The molecule has 0 radical (unpaired) electrons. The van der Waals surface area contributed by atoms with Crippen LogP contribution in [0.5, 0.6) is 0 Å². The normalized spacial score (nSPS) is 11.1. The van der Waals surface area contributed by atoms with Gasteiger partial charge in [-0.15, -0.1) is 0 Å². The van der Waals surface area contributed by atoms with E-state index in [1.54, 1.807) is 23.0 Å². The van der Waals surface area contributed by atoms with Crippen LogP contribution >= 0.6 is 0 Å². The van der Waals surface area contributed by atoms with Crippen molar-refractivity contribution in [2.45, 2.75) is 13.8 Å².